The lowest BCUT2D eigenvalue weighted by atomic mass is 10.0. The molecule has 1 aliphatic carbocycles. The summed E-state index contributed by atoms with van der Waals surface area (Å²) in [6, 6.07) is 0. The summed E-state index contributed by atoms with van der Waals surface area (Å²) in [5.41, 5.74) is 0. The van der Waals surface area contributed by atoms with Crippen molar-refractivity contribution in [1.82, 2.24) is 0 Å². The third-order valence-corrected chi connectivity index (χ3v) is 2.50. The van der Waals surface area contributed by atoms with Gasteiger partial charge in [-0.25, -0.2) is 0 Å². The lowest BCUT2D eigenvalue weighted by molar-refractivity contribution is 0.405. The molecule has 0 amide bonds. The minimum atomic E-state index is -3.13. The van der Waals surface area contributed by atoms with Crippen LogP contribution in [0.5, 0.6) is 0 Å². The van der Waals surface area contributed by atoms with Crippen LogP contribution in [0.25, 0.3) is 0 Å². The summed E-state index contributed by atoms with van der Waals surface area (Å²) in [4.78, 5) is 14.3. The van der Waals surface area contributed by atoms with Gasteiger partial charge in [0.25, 0.3) is 0 Å². The van der Waals surface area contributed by atoms with Crippen LogP contribution in [0.4, 0.5) is 0 Å². The number of rotatable bonds is 1. The van der Waals surface area contributed by atoms with Crippen molar-refractivity contribution in [2.45, 2.75) is 25.7 Å². The van der Waals surface area contributed by atoms with Crippen molar-refractivity contribution in [3.63, 3.8) is 0 Å². The lowest BCUT2D eigenvalue weighted by Gasteiger charge is -2.05. The van der Waals surface area contributed by atoms with Gasteiger partial charge in [-0.3, -0.25) is 4.57 Å². The fraction of sp³-hybridized carbons (Fsp3) is 1.00. The quantitative estimate of drug-likeness (QED) is 0.676. The summed E-state index contributed by atoms with van der Waals surface area (Å²) in [6.07, 6.45) is 8.40. The molecule has 3 nitrogen and oxygen atoms in total. The molecule has 1 fully saturated rings. The Hall–Kier alpha value is 1.01. The van der Waals surface area contributed by atoms with Crippen molar-refractivity contribution < 1.29 is 14.4 Å². The standard InChI is InChI=1S/C4H8.C2H8P2.H3O3P/c1-2-4-3-1;3-1-2-4;1-4(2)3/h2*1-4H2;4H,(H2,1,2,3). The molecule has 2 unspecified atom stereocenters. The van der Waals surface area contributed by atoms with E-state index in [9.17, 15) is 0 Å². The van der Waals surface area contributed by atoms with Gasteiger partial charge in [-0.15, -0.1) is 18.5 Å². The molecular formula is C6H19O3P3. The van der Waals surface area contributed by atoms with Gasteiger partial charge in [-0.1, -0.05) is 25.7 Å². The van der Waals surface area contributed by atoms with E-state index in [-0.39, 0.29) is 0 Å². The summed E-state index contributed by atoms with van der Waals surface area (Å²) in [7, 11) is 2.14. The molecule has 2 atom stereocenters. The van der Waals surface area contributed by atoms with Gasteiger partial charge in [-0.2, -0.15) is 0 Å². The predicted molar refractivity (Wildman–Crippen MR) is 61.1 cm³/mol. The van der Waals surface area contributed by atoms with E-state index in [1.54, 1.807) is 0 Å². The van der Waals surface area contributed by atoms with Gasteiger partial charge in [0.2, 0.25) is 0 Å². The van der Waals surface area contributed by atoms with Crippen LogP contribution in [-0.4, -0.2) is 22.1 Å². The molecule has 0 aromatic rings. The highest BCUT2D eigenvalue weighted by molar-refractivity contribution is 7.30. The van der Waals surface area contributed by atoms with Gasteiger partial charge in [0, 0.05) is 0 Å². The normalized spacial score (nSPS) is 13.4. The second-order valence-electron chi connectivity index (χ2n) is 2.27. The fourth-order valence-corrected chi connectivity index (χ4v) is 0.250. The molecule has 0 radical (unpaired) electrons. The van der Waals surface area contributed by atoms with E-state index in [4.69, 9.17) is 14.4 Å². The molecule has 6 heteroatoms. The second kappa shape index (κ2) is 14.5. The van der Waals surface area contributed by atoms with Crippen molar-refractivity contribution in [3.05, 3.63) is 0 Å². The second-order valence-corrected chi connectivity index (χ2v) is 3.99. The Morgan fingerprint density at radius 1 is 1.00 bits per heavy atom. The molecule has 0 aromatic carbocycles. The Labute approximate surface area is 79.7 Å². The van der Waals surface area contributed by atoms with Crippen LogP contribution in [-0.2, 0) is 4.57 Å². The first-order chi connectivity index (χ1) is 5.65. The Morgan fingerprint density at radius 2 is 1.17 bits per heavy atom. The zero-order valence-corrected chi connectivity index (χ0v) is 10.5. The first-order valence-corrected chi connectivity index (χ1v) is 6.90. The van der Waals surface area contributed by atoms with E-state index in [0.717, 1.165) is 0 Å². The zero-order valence-electron chi connectivity index (χ0n) is 7.20. The monoisotopic (exact) mass is 232 g/mol. The maximum atomic E-state index is 8.74. The first-order valence-electron chi connectivity index (χ1n) is 3.97. The van der Waals surface area contributed by atoms with E-state index in [1.165, 1.54) is 38.0 Å². The van der Waals surface area contributed by atoms with Gasteiger partial charge in [0.1, 0.15) is 0 Å². The maximum absolute atomic E-state index is 8.74. The maximum Gasteiger partial charge on any atom is 0.314 e. The van der Waals surface area contributed by atoms with Gasteiger partial charge >= 0.3 is 8.25 Å². The highest BCUT2D eigenvalue weighted by atomic mass is 31.1. The summed E-state index contributed by atoms with van der Waals surface area (Å²) in [6.45, 7) is 0. The van der Waals surface area contributed by atoms with Crippen LogP contribution >= 0.6 is 26.7 Å². The van der Waals surface area contributed by atoms with Crippen LogP contribution in [0.15, 0.2) is 0 Å². The predicted octanol–water partition coefficient (Wildman–Crippen LogP) is 1.66. The molecule has 12 heavy (non-hydrogen) atoms. The van der Waals surface area contributed by atoms with Crippen molar-refractivity contribution in [3.8, 4) is 0 Å². The summed E-state index contributed by atoms with van der Waals surface area (Å²) >= 11 is 0. The van der Waals surface area contributed by atoms with Crippen LogP contribution in [0.1, 0.15) is 25.7 Å². The van der Waals surface area contributed by atoms with Crippen molar-refractivity contribution in [2.75, 3.05) is 12.3 Å². The van der Waals surface area contributed by atoms with E-state index < -0.39 is 8.25 Å². The molecule has 0 heterocycles. The van der Waals surface area contributed by atoms with E-state index in [1.807, 2.05) is 0 Å². The van der Waals surface area contributed by atoms with Crippen LogP contribution in [0.3, 0.4) is 0 Å². The Bertz CT molecular complexity index is 86.0. The smallest absolute Gasteiger partial charge is 0.314 e. The van der Waals surface area contributed by atoms with Crippen LogP contribution in [0, 0.1) is 0 Å². The molecule has 0 saturated heterocycles. The average Bonchev–Trinajstić information content (AvgIpc) is 1.82. The Morgan fingerprint density at radius 3 is 1.17 bits per heavy atom. The largest absolute Gasteiger partial charge is 0.326 e. The molecule has 76 valence electrons. The zero-order chi connectivity index (χ0) is 9.82. The Balaban J connectivity index is 0. The fourth-order valence-electron chi connectivity index (χ4n) is 0.250. The summed E-state index contributed by atoms with van der Waals surface area (Å²) < 4.78 is 8.74. The topological polar surface area (TPSA) is 57.5 Å². The van der Waals surface area contributed by atoms with Gasteiger partial charge in [-0.05, 0) is 12.3 Å². The van der Waals surface area contributed by atoms with E-state index in [0.29, 0.717) is 0 Å². The first kappa shape index (κ1) is 15.5. The summed E-state index contributed by atoms with van der Waals surface area (Å²) in [5.74, 6) is 0. The minimum Gasteiger partial charge on any atom is -0.326 e. The molecule has 0 bridgehead atoms. The Kier molecular flexibility index (Phi) is 18.7. The molecule has 0 spiro atoms. The minimum absolute atomic E-state index is 1.20. The van der Waals surface area contributed by atoms with Gasteiger partial charge < -0.3 is 9.79 Å². The highest BCUT2D eigenvalue weighted by Gasteiger charge is 1.95. The average molecular weight is 232 g/mol. The van der Waals surface area contributed by atoms with Gasteiger partial charge in [0.15, 0.2) is 0 Å². The number of hydrogen-bond donors (Lipinski definition) is 2. The molecule has 1 rings (SSSR count). The SMILES string of the molecule is C1CCC1.O=[PH](O)O.PCCP. The number of hydrogen-bond acceptors (Lipinski definition) is 1. The van der Waals surface area contributed by atoms with Gasteiger partial charge in [0.05, 0.1) is 0 Å². The van der Waals surface area contributed by atoms with Crippen molar-refractivity contribution in [2.24, 2.45) is 0 Å². The lowest BCUT2D eigenvalue weighted by Crippen LogP contribution is -1.85. The molecular weight excluding hydrogens is 213 g/mol. The van der Waals surface area contributed by atoms with Crippen molar-refractivity contribution in [1.29, 1.82) is 0 Å². The van der Waals surface area contributed by atoms with E-state index in [2.05, 4.69) is 18.5 Å². The molecule has 0 aromatic heterocycles. The molecule has 1 aliphatic rings. The van der Waals surface area contributed by atoms with Crippen molar-refractivity contribution >= 4 is 26.7 Å². The third-order valence-electron chi connectivity index (χ3n) is 1.17. The van der Waals surface area contributed by atoms with Crippen LogP contribution < -0.4 is 0 Å². The third kappa shape index (κ3) is 30.5. The summed E-state index contributed by atoms with van der Waals surface area (Å²) in [5, 5.41) is 0. The molecule has 0 aliphatic heterocycles. The van der Waals surface area contributed by atoms with E-state index >= 15 is 0 Å². The molecule has 1 saturated carbocycles. The highest BCUT2D eigenvalue weighted by Crippen LogP contribution is 2.15. The van der Waals surface area contributed by atoms with Crippen LogP contribution in [0.2, 0.25) is 0 Å². The molecule has 2 N–H and O–H groups in total.